The molecule has 0 bridgehead atoms. The number of guanidine groups is 1. The molecule has 1 aromatic rings. The van der Waals surface area contributed by atoms with Crippen molar-refractivity contribution >= 4 is 21.7 Å². The fourth-order valence-corrected chi connectivity index (χ4v) is 3.54. The van der Waals surface area contributed by atoms with Crippen LogP contribution in [0.1, 0.15) is 24.8 Å². The lowest BCUT2D eigenvalue weighted by Gasteiger charge is -2.27. The number of rotatable bonds is 3. The first-order valence-corrected chi connectivity index (χ1v) is 8.36. The van der Waals surface area contributed by atoms with Crippen molar-refractivity contribution < 1.29 is 13.3 Å². The van der Waals surface area contributed by atoms with Crippen LogP contribution in [0.5, 0.6) is 0 Å². The van der Waals surface area contributed by atoms with Crippen molar-refractivity contribution in [2.24, 2.45) is 10.1 Å². The molecule has 0 spiro atoms. The van der Waals surface area contributed by atoms with Gasteiger partial charge in [0.15, 0.2) is 0 Å². The summed E-state index contributed by atoms with van der Waals surface area (Å²) < 4.78 is 28.4. The Balaban J connectivity index is 2.37. The number of hydrogen-bond donors (Lipinski definition) is 1. The molecule has 1 fully saturated rings. The molecule has 22 heavy (non-hydrogen) atoms. The van der Waals surface area contributed by atoms with Gasteiger partial charge in [0.25, 0.3) is 15.7 Å². The van der Waals surface area contributed by atoms with Crippen LogP contribution in [0.3, 0.4) is 0 Å². The number of hydrogen-bond acceptors (Lipinski definition) is 4. The topological polar surface area (TPSA) is 119 Å². The zero-order chi connectivity index (χ0) is 16.3. The van der Waals surface area contributed by atoms with Crippen LogP contribution < -0.4 is 5.73 Å². The van der Waals surface area contributed by atoms with Gasteiger partial charge in [-0.3, -0.25) is 10.1 Å². The molecule has 1 aliphatic rings. The molecule has 2 rings (SSSR count). The summed E-state index contributed by atoms with van der Waals surface area (Å²) in [5.74, 6) is -0.0643. The maximum Gasteiger partial charge on any atom is 0.286 e. The molecule has 0 aliphatic carbocycles. The third kappa shape index (κ3) is 3.53. The molecular weight excluding hydrogens is 308 g/mol. The van der Waals surface area contributed by atoms with Crippen LogP contribution in [0, 0.1) is 17.0 Å². The third-order valence-corrected chi connectivity index (χ3v) is 4.98. The van der Waals surface area contributed by atoms with Crippen LogP contribution in [-0.4, -0.2) is 37.3 Å². The van der Waals surface area contributed by atoms with Gasteiger partial charge >= 0.3 is 0 Å². The molecule has 0 unspecified atom stereocenters. The van der Waals surface area contributed by atoms with Crippen LogP contribution in [0.25, 0.3) is 0 Å². The van der Waals surface area contributed by atoms with E-state index < -0.39 is 14.9 Å². The highest BCUT2D eigenvalue weighted by molar-refractivity contribution is 7.90. The van der Waals surface area contributed by atoms with E-state index >= 15 is 0 Å². The van der Waals surface area contributed by atoms with Crippen molar-refractivity contribution in [1.82, 2.24) is 4.90 Å². The molecule has 8 nitrogen and oxygen atoms in total. The van der Waals surface area contributed by atoms with Crippen molar-refractivity contribution in [3.05, 3.63) is 33.9 Å². The van der Waals surface area contributed by atoms with E-state index in [0.29, 0.717) is 18.7 Å². The molecule has 9 heteroatoms. The van der Waals surface area contributed by atoms with Gasteiger partial charge in [-0.2, -0.15) is 8.42 Å². The number of nitro groups is 1. The number of likely N-dealkylation sites (tertiary alicyclic amines) is 1. The smallest absolute Gasteiger partial charge is 0.286 e. The largest absolute Gasteiger partial charge is 0.369 e. The van der Waals surface area contributed by atoms with Gasteiger partial charge in [-0.15, -0.1) is 4.40 Å². The minimum atomic E-state index is -4.08. The number of nitrogens with two attached hydrogens (primary N) is 1. The average Bonchev–Trinajstić information content (AvgIpc) is 2.47. The first-order valence-electron chi connectivity index (χ1n) is 6.92. The standard InChI is InChI=1S/C13H18N4O4S/c1-10-5-6-11(17(18)19)9-12(10)22(20,21)15-13(14)16-7-3-2-4-8-16/h5-6,9H,2-4,7-8H2,1H3,(H2,14,15). The highest BCUT2D eigenvalue weighted by atomic mass is 32.2. The van der Waals surface area contributed by atoms with Gasteiger partial charge in [0.05, 0.1) is 9.82 Å². The Hall–Kier alpha value is -2.16. The van der Waals surface area contributed by atoms with E-state index in [4.69, 9.17) is 5.73 Å². The Kier molecular flexibility index (Phi) is 4.65. The summed E-state index contributed by atoms with van der Waals surface area (Å²) in [4.78, 5) is 11.7. The van der Waals surface area contributed by atoms with E-state index in [0.717, 1.165) is 25.3 Å². The highest BCUT2D eigenvalue weighted by Crippen LogP contribution is 2.23. The Labute approximate surface area is 128 Å². The zero-order valence-electron chi connectivity index (χ0n) is 12.2. The lowest BCUT2D eigenvalue weighted by atomic mass is 10.1. The summed E-state index contributed by atoms with van der Waals surface area (Å²) in [6.45, 7) is 2.89. The van der Waals surface area contributed by atoms with E-state index in [1.807, 2.05) is 0 Å². The lowest BCUT2D eigenvalue weighted by molar-refractivity contribution is -0.385. The maximum atomic E-state index is 12.4. The molecule has 1 saturated heterocycles. The summed E-state index contributed by atoms with van der Waals surface area (Å²) in [6, 6.07) is 3.65. The summed E-state index contributed by atoms with van der Waals surface area (Å²) in [5, 5.41) is 10.8. The normalized spacial score (nSPS) is 16.6. The van der Waals surface area contributed by atoms with Crippen LogP contribution in [0.2, 0.25) is 0 Å². The van der Waals surface area contributed by atoms with Crippen molar-refractivity contribution in [3.8, 4) is 0 Å². The number of sulfonamides is 1. The summed E-state index contributed by atoms with van der Waals surface area (Å²) in [7, 11) is -4.08. The number of piperidine rings is 1. The Morgan fingerprint density at radius 3 is 2.55 bits per heavy atom. The second-order valence-corrected chi connectivity index (χ2v) is 6.75. The van der Waals surface area contributed by atoms with Crippen molar-refractivity contribution in [1.29, 1.82) is 0 Å². The minimum Gasteiger partial charge on any atom is -0.369 e. The van der Waals surface area contributed by atoms with E-state index in [-0.39, 0.29) is 16.5 Å². The number of nitro benzene ring substituents is 1. The number of nitrogens with zero attached hydrogens (tertiary/aromatic N) is 3. The SMILES string of the molecule is Cc1ccc([N+](=O)[O-])cc1S(=O)(=O)N=C(N)N1CCCCC1. The van der Waals surface area contributed by atoms with Crippen molar-refractivity contribution in [2.75, 3.05) is 13.1 Å². The van der Waals surface area contributed by atoms with Gasteiger partial charge in [0, 0.05) is 25.2 Å². The summed E-state index contributed by atoms with van der Waals surface area (Å²) in [6.07, 6.45) is 2.96. The Morgan fingerprint density at radius 2 is 1.95 bits per heavy atom. The number of non-ortho nitro benzene ring substituents is 1. The lowest BCUT2D eigenvalue weighted by Crippen LogP contribution is -2.41. The Morgan fingerprint density at radius 1 is 1.32 bits per heavy atom. The second kappa shape index (κ2) is 6.30. The van der Waals surface area contributed by atoms with E-state index in [2.05, 4.69) is 4.40 Å². The molecule has 0 atom stereocenters. The van der Waals surface area contributed by atoms with Gasteiger partial charge in [0.1, 0.15) is 0 Å². The molecule has 0 radical (unpaired) electrons. The van der Waals surface area contributed by atoms with E-state index in [1.165, 1.54) is 12.1 Å². The van der Waals surface area contributed by atoms with Crippen LogP contribution >= 0.6 is 0 Å². The van der Waals surface area contributed by atoms with Crippen LogP contribution in [-0.2, 0) is 10.0 Å². The first-order chi connectivity index (χ1) is 10.3. The van der Waals surface area contributed by atoms with E-state index in [1.54, 1.807) is 11.8 Å². The molecular formula is C13H18N4O4S. The van der Waals surface area contributed by atoms with Crippen molar-refractivity contribution in [3.63, 3.8) is 0 Å². The molecule has 1 aliphatic heterocycles. The zero-order valence-corrected chi connectivity index (χ0v) is 13.0. The van der Waals surface area contributed by atoms with Gasteiger partial charge in [0.2, 0.25) is 5.96 Å². The predicted octanol–water partition coefficient (Wildman–Crippen LogP) is 1.39. The minimum absolute atomic E-state index is 0.0643. The predicted molar refractivity (Wildman–Crippen MR) is 82.1 cm³/mol. The molecule has 120 valence electrons. The van der Waals surface area contributed by atoms with Crippen LogP contribution in [0.4, 0.5) is 5.69 Å². The van der Waals surface area contributed by atoms with Gasteiger partial charge < -0.3 is 10.6 Å². The van der Waals surface area contributed by atoms with Crippen molar-refractivity contribution in [2.45, 2.75) is 31.1 Å². The van der Waals surface area contributed by atoms with Gasteiger partial charge in [-0.05, 0) is 31.7 Å². The molecule has 1 aromatic carbocycles. The highest BCUT2D eigenvalue weighted by Gasteiger charge is 2.22. The monoisotopic (exact) mass is 326 g/mol. The maximum absolute atomic E-state index is 12.4. The van der Waals surface area contributed by atoms with E-state index in [9.17, 15) is 18.5 Å². The fourth-order valence-electron chi connectivity index (χ4n) is 2.33. The molecule has 0 aromatic heterocycles. The second-order valence-electron chi connectivity index (χ2n) is 5.18. The fraction of sp³-hybridized carbons (Fsp3) is 0.462. The molecule has 2 N–H and O–H groups in total. The molecule has 0 amide bonds. The van der Waals surface area contributed by atoms with Gasteiger partial charge in [-0.1, -0.05) is 6.07 Å². The first kappa shape index (κ1) is 16.2. The Bertz CT molecular complexity index is 709. The van der Waals surface area contributed by atoms with Crippen LogP contribution in [0.15, 0.2) is 27.5 Å². The molecule has 1 heterocycles. The quantitative estimate of drug-likeness (QED) is 0.388. The average molecular weight is 326 g/mol. The summed E-state index contributed by atoms with van der Waals surface area (Å²) in [5.41, 5.74) is 5.88. The number of aryl methyl sites for hydroxylation is 1. The molecule has 0 saturated carbocycles. The number of benzene rings is 1. The van der Waals surface area contributed by atoms with Gasteiger partial charge in [-0.25, -0.2) is 0 Å². The summed E-state index contributed by atoms with van der Waals surface area (Å²) >= 11 is 0. The third-order valence-electron chi connectivity index (χ3n) is 3.55.